The van der Waals surface area contributed by atoms with E-state index in [2.05, 4.69) is 15.6 Å². The molecule has 0 radical (unpaired) electrons. The molecule has 0 spiro atoms. The van der Waals surface area contributed by atoms with Gasteiger partial charge in [-0.15, -0.1) is 0 Å². The van der Waals surface area contributed by atoms with Crippen LogP contribution in [0, 0.1) is 0 Å². The Balaban J connectivity index is 2.20. The third-order valence-corrected chi connectivity index (χ3v) is 2.53. The number of nitrogens with one attached hydrogen (secondary N) is 2. The van der Waals surface area contributed by atoms with Crippen LogP contribution in [0.2, 0.25) is 0 Å². The van der Waals surface area contributed by atoms with Gasteiger partial charge in [-0.1, -0.05) is 0 Å². The van der Waals surface area contributed by atoms with Crippen LogP contribution in [-0.4, -0.2) is 30.3 Å². The molecule has 0 aliphatic carbocycles. The van der Waals surface area contributed by atoms with Gasteiger partial charge in [0.15, 0.2) is 0 Å². The molecule has 2 heterocycles. The van der Waals surface area contributed by atoms with Crippen molar-refractivity contribution >= 4 is 12.2 Å². The van der Waals surface area contributed by atoms with Gasteiger partial charge in [-0.25, -0.2) is 0 Å². The number of hydrogen-bond acceptors (Lipinski definition) is 4. The third kappa shape index (κ3) is 2.43. The van der Waals surface area contributed by atoms with Crippen LogP contribution in [0.1, 0.15) is 28.5 Å². The molecule has 2 N–H and O–H groups in total. The Morgan fingerprint density at radius 2 is 2.31 bits per heavy atom. The van der Waals surface area contributed by atoms with Crippen molar-refractivity contribution in [1.29, 1.82) is 0 Å². The van der Waals surface area contributed by atoms with Gasteiger partial charge in [-0.05, 0) is 12.1 Å². The van der Waals surface area contributed by atoms with Crippen LogP contribution in [-0.2, 0) is 4.79 Å². The monoisotopic (exact) mass is 219 g/mol. The fourth-order valence-corrected chi connectivity index (χ4v) is 1.72. The van der Waals surface area contributed by atoms with E-state index in [1.54, 1.807) is 18.3 Å². The van der Waals surface area contributed by atoms with E-state index in [1.165, 1.54) is 0 Å². The van der Waals surface area contributed by atoms with Crippen molar-refractivity contribution in [3.8, 4) is 0 Å². The molecule has 5 nitrogen and oxygen atoms in total. The minimum atomic E-state index is -0.109. The highest BCUT2D eigenvalue weighted by atomic mass is 16.1. The summed E-state index contributed by atoms with van der Waals surface area (Å²) in [5.74, 6) is 0.00769. The van der Waals surface area contributed by atoms with Crippen LogP contribution in [0.4, 0.5) is 0 Å². The van der Waals surface area contributed by atoms with Crippen molar-refractivity contribution in [1.82, 2.24) is 15.6 Å². The Kier molecular flexibility index (Phi) is 3.26. The molecule has 1 atom stereocenters. The fourth-order valence-electron chi connectivity index (χ4n) is 1.72. The van der Waals surface area contributed by atoms with E-state index in [4.69, 9.17) is 0 Å². The molecule has 0 aromatic carbocycles. The normalized spacial score (nSPS) is 21.0. The van der Waals surface area contributed by atoms with E-state index in [9.17, 15) is 9.59 Å². The van der Waals surface area contributed by atoms with Crippen molar-refractivity contribution in [2.45, 2.75) is 12.5 Å². The van der Waals surface area contributed by atoms with Crippen molar-refractivity contribution in [3.63, 3.8) is 0 Å². The van der Waals surface area contributed by atoms with E-state index in [0.717, 1.165) is 12.0 Å². The number of nitrogens with zero attached hydrogens (tertiary/aromatic N) is 1. The fraction of sp³-hybridized carbons (Fsp3) is 0.364. The van der Waals surface area contributed by atoms with Gasteiger partial charge in [0, 0.05) is 31.3 Å². The van der Waals surface area contributed by atoms with E-state index in [1.807, 2.05) is 0 Å². The maximum absolute atomic E-state index is 11.4. The number of carbonyl (C=O) groups excluding carboxylic acids is 2. The van der Waals surface area contributed by atoms with E-state index < -0.39 is 0 Å². The average Bonchev–Trinajstić information content (AvgIpc) is 2.54. The van der Waals surface area contributed by atoms with Gasteiger partial charge in [-0.3, -0.25) is 14.6 Å². The maximum Gasteiger partial charge on any atom is 0.222 e. The van der Waals surface area contributed by atoms with Gasteiger partial charge in [0.25, 0.3) is 0 Å². The third-order valence-electron chi connectivity index (χ3n) is 2.53. The topological polar surface area (TPSA) is 71.1 Å². The predicted molar refractivity (Wildman–Crippen MR) is 58.0 cm³/mol. The van der Waals surface area contributed by atoms with Gasteiger partial charge in [0.05, 0.1) is 11.7 Å². The number of pyridine rings is 1. The average molecular weight is 219 g/mol. The molecule has 0 saturated carbocycles. The molecule has 1 unspecified atom stereocenters. The number of rotatable bonds is 2. The molecular formula is C11H13N3O2. The molecule has 16 heavy (non-hydrogen) atoms. The molecule has 1 fully saturated rings. The molecule has 2 rings (SSSR count). The summed E-state index contributed by atoms with van der Waals surface area (Å²) >= 11 is 0. The zero-order valence-electron chi connectivity index (χ0n) is 8.77. The van der Waals surface area contributed by atoms with Gasteiger partial charge in [0.1, 0.15) is 6.29 Å². The van der Waals surface area contributed by atoms with E-state index in [-0.39, 0.29) is 11.9 Å². The first kappa shape index (κ1) is 10.8. The lowest BCUT2D eigenvalue weighted by molar-refractivity contribution is -0.121. The summed E-state index contributed by atoms with van der Waals surface area (Å²) in [7, 11) is 0. The lowest BCUT2D eigenvalue weighted by atomic mass is 10.1. The summed E-state index contributed by atoms with van der Waals surface area (Å²) in [6.45, 7) is 1.34. The Labute approximate surface area is 93.3 Å². The maximum atomic E-state index is 11.4. The minimum Gasteiger partial charge on any atom is -0.355 e. The zero-order valence-corrected chi connectivity index (χ0v) is 8.77. The number of carbonyl (C=O) groups is 2. The van der Waals surface area contributed by atoms with Crippen molar-refractivity contribution in [2.24, 2.45) is 0 Å². The van der Waals surface area contributed by atoms with Gasteiger partial charge >= 0.3 is 0 Å². The van der Waals surface area contributed by atoms with Crippen molar-refractivity contribution in [2.75, 3.05) is 13.1 Å². The van der Waals surface area contributed by atoms with Crippen LogP contribution in [0.5, 0.6) is 0 Å². The molecule has 1 aromatic heterocycles. The molecule has 1 saturated heterocycles. The van der Waals surface area contributed by atoms with Gasteiger partial charge in [0.2, 0.25) is 5.91 Å². The number of hydrogen-bond donors (Lipinski definition) is 2. The second kappa shape index (κ2) is 4.85. The second-order valence-corrected chi connectivity index (χ2v) is 3.69. The molecule has 84 valence electrons. The molecule has 1 aromatic rings. The van der Waals surface area contributed by atoms with Crippen LogP contribution in [0.3, 0.4) is 0 Å². The van der Waals surface area contributed by atoms with E-state index in [0.29, 0.717) is 25.1 Å². The van der Waals surface area contributed by atoms with Crippen LogP contribution in [0.25, 0.3) is 0 Å². The number of aromatic nitrogens is 1. The van der Waals surface area contributed by atoms with Crippen molar-refractivity contribution in [3.05, 3.63) is 29.6 Å². The molecule has 5 heteroatoms. The second-order valence-electron chi connectivity index (χ2n) is 3.69. The Hall–Kier alpha value is -1.75. The number of aldehydes is 1. The summed E-state index contributed by atoms with van der Waals surface area (Å²) in [6, 6.07) is 3.25. The predicted octanol–water partition coefficient (Wildman–Crippen LogP) is 0.0447. The largest absolute Gasteiger partial charge is 0.355 e. The lowest BCUT2D eigenvalue weighted by Gasteiger charge is -2.13. The zero-order chi connectivity index (χ0) is 11.4. The summed E-state index contributed by atoms with van der Waals surface area (Å²) < 4.78 is 0. The molecular weight excluding hydrogens is 206 g/mol. The van der Waals surface area contributed by atoms with Crippen LogP contribution in [0.15, 0.2) is 18.3 Å². The Bertz CT molecular complexity index is 406. The van der Waals surface area contributed by atoms with Crippen molar-refractivity contribution < 1.29 is 9.59 Å². The molecule has 1 aliphatic rings. The van der Waals surface area contributed by atoms with Crippen LogP contribution >= 0.6 is 0 Å². The number of amides is 1. The standard InChI is InChI=1S/C11H13N3O2/c15-7-8-1-2-12-9(5-8)10-6-11(16)14-4-3-13-10/h1-2,5,7,10,13H,3-4,6H2,(H,14,16). The minimum absolute atomic E-state index is 0.00769. The molecule has 0 bridgehead atoms. The van der Waals surface area contributed by atoms with E-state index >= 15 is 0 Å². The van der Waals surface area contributed by atoms with Gasteiger partial charge in [-0.2, -0.15) is 0 Å². The molecule has 1 aliphatic heterocycles. The SMILES string of the molecule is O=Cc1ccnc(C2CC(=O)NCCN2)c1. The quantitative estimate of drug-likeness (QED) is 0.689. The van der Waals surface area contributed by atoms with Gasteiger partial charge < -0.3 is 10.6 Å². The first-order chi connectivity index (χ1) is 7.79. The Morgan fingerprint density at radius 3 is 3.12 bits per heavy atom. The summed E-state index contributed by atoms with van der Waals surface area (Å²) in [6.07, 6.45) is 2.72. The first-order valence-corrected chi connectivity index (χ1v) is 5.21. The summed E-state index contributed by atoms with van der Waals surface area (Å²) in [4.78, 5) is 26.2. The summed E-state index contributed by atoms with van der Waals surface area (Å²) in [5, 5.41) is 5.99. The highest BCUT2D eigenvalue weighted by molar-refractivity contribution is 5.77. The highest BCUT2D eigenvalue weighted by Crippen LogP contribution is 2.16. The van der Waals surface area contributed by atoms with Crippen LogP contribution < -0.4 is 10.6 Å². The summed E-state index contributed by atoms with van der Waals surface area (Å²) in [5.41, 5.74) is 1.32. The lowest BCUT2D eigenvalue weighted by Crippen LogP contribution is -2.24. The first-order valence-electron chi connectivity index (χ1n) is 5.21. The highest BCUT2D eigenvalue weighted by Gasteiger charge is 2.19. The Morgan fingerprint density at radius 1 is 1.44 bits per heavy atom. The smallest absolute Gasteiger partial charge is 0.222 e. The molecule has 1 amide bonds.